The number of hydrogen-bond donors (Lipinski definition) is 1. The summed E-state index contributed by atoms with van der Waals surface area (Å²) in [6, 6.07) is 1.66. The highest BCUT2D eigenvalue weighted by molar-refractivity contribution is 5.25. The van der Waals surface area contributed by atoms with Crippen molar-refractivity contribution in [1.29, 1.82) is 5.26 Å². The number of nitrogens with zero attached hydrogens (tertiary/aromatic N) is 1. The Hall–Kier alpha value is -1.41. The Bertz CT molecular complexity index is 154. The smallest absolute Gasteiger partial charge is 0.119 e. The zero-order valence-corrected chi connectivity index (χ0v) is 3.68. The first-order valence-corrected chi connectivity index (χ1v) is 1.63. The minimum Gasteiger partial charge on any atom is -0.390 e. The van der Waals surface area contributed by atoms with E-state index in [4.69, 9.17) is 17.4 Å². The maximum absolute atomic E-state index is 7.93. The van der Waals surface area contributed by atoms with Crippen LogP contribution in [0.4, 0.5) is 0 Å². The largest absolute Gasteiger partial charge is 0.390 e. The summed E-state index contributed by atoms with van der Waals surface area (Å²) >= 11 is 0. The van der Waals surface area contributed by atoms with Gasteiger partial charge in [-0.1, -0.05) is 5.92 Å². The molecule has 0 aromatic heterocycles. The molecule has 0 bridgehead atoms. The molecule has 0 rings (SSSR count). The van der Waals surface area contributed by atoms with Crippen LogP contribution in [0, 0.1) is 23.7 Å². The summed E-state index contributed by atoms with van der Waals surface area (Å²) in [5.41, 5.74) is 5.01. The SMILES string of the molecule is C#CC=C(N)C#N. The van der Waals surface area contributed by atoms with Gasteiger partial charge in [-0.2, -0.15) is 5.26 Å². The molecule has 0 saturated carbocycles. The van der Waals surface area contributed by atoms with Crippen LogP contribution in [0.3, 0.4) is 0 Å². The number of hydrogen-bond acceptors (Lipinski definition) is 2. The second kappa shape index (κ2) is 2.81. The van der Waals surface area contributed by atoms with Crippen molar-refractivity contribution in [3.8, 4) is 18.4 Å². The van der Waals surface area contributed by atoms with Crippen LogP contribution in [-0.2, 0) is 0 Å². The molecule has 0 aliphatic heterocycles. The van der Waals surface area contributed by atoms with Crippen molar-refractivity contribution >= 4 is 0 Å². The monoisotopic (exact) mass is 92.0 g/mol. The Morgan fingerprint density at radius 2 is 2.43 bits per heavy atom. The summed E-state index contributed by atoms with van der Waals surface area (Å²) < 4.78 is 0. The molecule has 0 amide bonds. The highest BCUT2D eigenvalue weighted by Crippen LogP contribution is 1.73. The third kappa shape index (κ3) is 2.39. The van der Waals surface area contributed by atoms with Gasteiger partial charge in [0.1, 0.15) is 11.8 Å². The van der Waals surface area contributed by atoms with Crippen molar-refractivity contribution < 1.29 is 0 Å². The first-order chi connectivity index (χ1) is 3.31. The van der Waals surface area contributed by atoms with E-state index in [0.717, 1.165) is 0 Å². The van der Waals surface area contributed by atoms with Crippen molar-refractivity contribution in [2.45, 2.75) is 0 Å². The lowest BCUT2D eigenvalue weighted by Crippen LogP contribution is -1.90. The second-order valence-electron chi connectivity index (χ2n) is 0.878. The first-order valence-electron chi connectivity index (χ1n) is 1.63. The highest BCUT2D eigenvalue weighted by Gasteiger charge is 1.74. The van der Waals surface area contributed by atoms with Gasteiger partial charge in [0, 0.05) is 6.08 Å². The van der Waals surface area contributed by atoms with E-state index in [1.807, 2.05) is 0 Å². The van der Waals surface area contributed by atoms with Crippen LogP contribution in [0.5, 0.6) is 0 Å². The van der Waals surface area contributed by atoms with Crippen LogP contribution in [0.25, 0.3) is 0 Å². The predicted molar refractivity (Wildman–Crippen MR) is 26.7 cm³/mol. The van der Waals surface area contributed by atoms with Gasteiger partial charge in [0.15, 0.2) is 0 Å². The van der Waals surface area contributed by atoms with Crippen LogP contribution in [0.15, 0.2) is 11.8 Å². The molecule has 2 N–H and O–H groups in total. The molecule has 0 saturated heterocycles. The van der Waals surface area contributed by atoms with Gasteiger partial charge in [0.2, 0.25) is 0 Å². The Kier molecular flexibility index (Phi) is 2.24. The molecule has 0 heterocycles. The van der Waals surface area contributed by atoms with Gasteiger partial charge in [0.25, 0.3) is 0 Å². The van der Waals surface area contributed by atoms with Crippen LogP contribution >= 0.6 is 0 Å². The molecule has 0 aliphatic carbocycles. The highest BCUT2D eigenvalue weighted by atomic mass is 14.6. The van der Waals surface area contributed by atoms with E-state index < -0.39 is 0 Å². The maximum Gasteiger partial charge on any atom is 0.119 e. The molecule has 0 aromatic carbocycles. The predicted octanol–water partition coefficient (Wildman–Crippen LogP) is -0.0142. The van der Waals surface area contributed by atoms with E-state index >= 15 is 0 Å². The Morgan fingerprint density at radius 1 is 1.86 bits per heavy atom. The van der Waals surface area contributed by atoms with Crippen molar-refractivity contribution in [2.75, 3.05) is 0 Å². The average molecular weight is 92.1 g/mol. The van der Waals surface area contributed by atoms with Crippen molar-refractivity contribution in [3.05, 3.63) is 11.8 Å². The van der Waals surface area contributed by atoms with Crippen LogP contribution in [-0.4, -0.2) is 0 Å². The van der Waals surface area contributed by atoms with Gasteiger partial charge in [-0.15, -0.1) is 6.42 Å². The number of allylic oxidation sites excluding steroid dienone is 2. The Balaban J connectivity index is 3.89. The number of nitriles is 1. The standard InChI is InChI=1S/C5H4N2/c1-2-3-5(7)4-6/h1,3H,7H2. The molecular formula is C5H4N2. The Morgan fingerprint density at radius 3 is 2.57 bits per heavy atom. The molecule has 0 atom stereocenters. The van der Waals surface area contributed by atoms with Crippen molar-refractivity contribution in [3.63, 3.8) is 0 Å². The zero-order valence-electron chi connectivity index (χ0n) is 3.68. The third-order valence-electron chi connectivity index (χ3n) is 0.368. The third-order valence-corrected chi connectivity index (χ3v) is 0.368. The fraction of sp³-hybridized carbons (Fsp3) is 0. The van der Waals surface area contributed by atoms with Crippen molar-refractivity contribution in [1.82, 2.24) is 0 Å². The molecule has 0 fully saturated rings. The van der Waals surface area contributed by atoms with Gasteiger partial charge in [0.05, 0.1) is 0 Å². The minimum atomic E-state index is 0.0718. The van der Waals surface area contributed by atoms with Gasteiger partial charge >= 0.3 is 0 Å². The Labute approximate surface area is 42.2 Å². The summed E-state index contributed by atoms with van der Waals surface area (Å²) in [6.07, 6.45) is 5.96. The zero-order chi connectivity index (χ0) is 5.70. The van der Waals surface area contributed by atoms with Crippen molar-refractivity contribution in [2.24, 2.45) is 5.73 Å². The summed E-state index contributed by atoms with van der Waals surface area (Å²) in [7, 11) is 0. The van der Waals surface area contributed by atoms with Crippen LogP contribution < -0.4 is 5.73 Å². The van der Waals surface area contributed by atoms with E-state index in [1.54, 1.807) is 6.07 Å². The molecule has 0 unspecified atom stereocenters. The molecule has 7 heavy (non-hydrogen) atoms. The van der Waals surface area contributed by atoms with Gasteiger partial charge in [-0.25, -0.2) is 0 Å². The van der Waals surface area contributed by atoms with Crippen LogP contribution in [0.2, 0.25) is 0 Å². The molecule has 0 aliphatic rings. The molecule has 34 valence electrons. The normalized spacial score (nSPS) is 9.14. The maximum atomic E-state index is 7.93. The van der Waals surface area contributed by atoms with E-state index in [1.165, 1.54) is 6.08 Å². The fourth-order valence-corrected chi connectivity index (χ4v) is 0.122. The van der Waals surface area contributed by atoms with Crippen LogP contribution in [0.1, 0.15) is 0 Å². The summed E-state index contributed by atoms with van der Waals surface area (Å²) in [5.74, 6) is 2.11. The fourth-order valence-electron chi connectivity index (χ4n) is 0.122. The number of terminal acetylenes is 1. The lowest BCUT2D eigenvalue weighted by atomic mass is 10.4. The van der Waals surface area contributed by atoms with Gasteiger partial charge < -0.3 is 5.73 Å². The first kappa shape index (κ1) is 5.59. The summed E-state index contributed by atoms with van der Waals surface area (Å²) in [6.45, 7) is 0. The number of nitrogens with two attached hydrogens (primary N) is 1. The number of rotatable bonds is 0. The molecule has 2 nitrogen and oxygen atoms in total. The molecule has 0 radical (unpaired) electrons. The quantitative estimate of drug-likeness (QED) is 0.337. The molecule has 0 aromatic rings. The molecule has 0 spiro atoms. The molecular weight excluding hydrogens is 88.1 g/mol. The van der Waals surface area contributed by atoms with Gasteiger partial charge in [-0.3, -0.25) is 0 Å². The topological polar surface area (TPSA) is 49.8 Å². The van der Waals surface area contributed by atoms with E-state index in [9.17, 15) is 0 Å². The average Bonchev–Trinajstić information content (AvgIpc) is 1.68. The lowest BCUT2D eigenvalue weighted by Gasteiger charge is -1.72. The lowest BCUT2D eigenvalue weighted by molar-refractivity contribution is 1.39. The minimum absolute atomic E-state index is 0.0718. The van der Waals surface area contributed by atoms with E-state index in [-0.39, 0.29) is 5.70 Å². The summed E-state index contributed by atoms with van der Waals surface area (Å²) in [4.78, 5) is 0. The van der Waals surface area contributed by atoms with Gasteiger partial charge in [-0.05, 0) is 0 Å². The van der Waals surface area contributed by atoms with E-state index in [2.05, 4.69) is 5.92 Å². The van der Waals surface area contributed by atoms with E-state index in [0.29, 0.717) is 0 Å². The summed E-state index contributed by atoms with van der Waals surface area (Å²) in [5, 5.41) is 7.93. The molecule has 2 heteroatoms. The second-order valence-corrected chi connectivity index (χ2v) is 0.878.